The number of ether oxygens (including phenoxy) is 1. The van der Waals surface area contributed by atoms with Crippen LogP contribution in [0.4, 0.5) is 0 Å². The molecule has 1 unspecified atom stereocenters. The summed E-state index contributed by atoms with van der Waals surface area (Å²) in [7, 11) is 1.31. The molecule has 0 saturated heterocycles. The van der Waals surface area contributed by atoms with Crippen molar-refractivity contribution in [2.75, 3.05) is 7.11 Å². The molecule has 0 bridgehead atoms. The third-order valence-electron chi connectivity index (χ3n) is 3.65. The first-order valence-electron chi connectivity index (χ1n) is 6.55. The first kappa shape index (κ1) is 14.5. The third kappa shape index (κ3) is 2.65. The number of carbonyl (C=O) groups excluding carboxylic acids is 2. The van der Waals surface area contributed by atoms with Gasteiger partial charge in [-0.2, -0.15) is 0 Å². The molecule has 1 atom stereocenters. The maximum absolute atomic E-state index is 12.0. The number of rotatable bonds is 3. The van der Waals surface area contributed by atoms with E-state index < -0.39 is 12.0 Å². The molecular weight excluding hydrogens is 254 g/mol. The number of esters is 1. The summed E-state index contributed by atoms with van der Waals surface area (Å²) in [5.74, 6) is -0.456. The summed E-state index contributed by atoms with van der Waals surface area (Å²) in [5.41, 5.74) is 8.14. The maximum atomic E-state index is 12.0. The van der Waals surface area contributed by atoms with Gasteiger partial charge in [0, 0.05) is 11.0 Å². The van der Waals surface area contributed by atoms with Gasteiger partial charge >= 0.3 is 5.97 Å². The van der Waals surface area contributed by atoms with Crippen LogP contribution in [0.1, 0.15) is 35.3 Å². The Kier molecular flexibility index (Phi) is 3.77. The minimum atomic E-state index is -0.708. The highest BCUT2D eigenvalue weighted by Gasteiger charge is 2.27. The zero-order valence-electron chi connectivity index (χ0n) is 12.0. The molecule has 1 aliphatic carbocycles. The lowest BCUT2D eigenvalue weighted by Crippen LogP contribution is -2.33. The molecule has 0 heterocycles. The Bertz CT molecular complexity index is 587. The van der Waals surface area contributed by atoms with Crippen molar-refractivity contribution in [3.05, 3.63) is 47.0 Å². The molecule has 1 aromatic carbocycles. The summed E-state index contributed by atoms with van der Waals surface area (Å²) in [6, 6.07) is 4.97. The third-order valence-corrected chi connectivity index (χ3v) is 3.65. The highest BCUT2D eigenvalue weighted by Crippen LogP contribution is 2.32. The number of carbonyl (C=O) groups is 2. The van der Waals surface area contributed by atoms with Gasteiger partial charge in [0.15, 0.2) is 5.78 Å². The van der Waals surface area contributed by atoms with Crippen LogP contribution >= 0.6 is 0 Å². The largest absolute Gasteiger partial charge is 0.468 e. The van der Waals surface area contributed by atoms with E-state index in [4.69, 9.17) is 5.73 Å². The summed E-state index contributed by atoms with van der Waals surface area (Å²) in [5, 5.41) is 0. The Labute approximate surface area is 118 Å². The highest BCUT2D eigenvalue weighted by atomic mass is 16.5. The summed E-state index contributed by atoms with van der Waals surface area (Å²) in [6.07, 6.45) is 3.88. The fourth-order valence-corrected chi connectivity index (χ4v) is 2.44. The number of nitrogens with two attached hydrogens (primary N) is 1. The summed E-state index contributed by atoms with van der Waals surface area (Å²) in [4.78, 5) is 23.3. The average Bonchev–Trinajstić information content (AvgIpc) is 2.42. The zero-order chi connectivity index (χ0) is 14.9. The lowest BCUT2D eigenvalue weighted by molar-refractivity contribution is -0.142. The molecule has 2 N–H and O–H groups in total. The predicted octanol–water partition coefficient (Wildman–Crippen LogP) is 1.76. The Morgan fingerprint density at radius 1 is 1.40 bits per heavy atom. The molecule has 0 saturated carbocycles. The number of fused-ring (bicyclic) bond motifs is 1. The Hall–Kier alpha value is -1.94. The Balaban J connectivity index is 2.31. The molecule has 20 heavy (non-hydrogen) atoms. The van der Waals surface area contributed by atoms with Crippen molar-refractivity contribution in [3.8, 4) is 0 Å². The number of benzene rings is 1. The van der Waals surface area contributed by atoms with Crippen molar-refractivity contribution in [2.24, 2.45) is 5.73 Å². The van der Waals surface area contributed by atoms with E-state index in [2.05, 4.69) is 18.6 Å². The molecule has 4 nitrogen and oxygen atoms in total. The quantitative estimate of drug-likeness (QED) is 0.852. The van der Waals surface area contributed by atoms with E-state index in [1.54, 1.807) is 6.08 Å². The number of allylic oxidation sites excluding steroid dienone is 2. The molecule has 0 spiro atoms. The first-order valence-corrected chi connectivity index (χ1v) is 6.55. The molecule has 0 amide bonds. The molecule has 4 heteroatoms. The van der Waals surface area contributed by atoms with Crippen LogP contribution in [0.3, 0.4) is 0 Å². The SMILES string of the molecule is COC(=O)C(N)Cc1ccc2c(c1)C(=O)C=CC2(C)C. The highest BCUT2D eigenvalue weighted by molar-refractivity contribution is 6.07. The van der Waals surface area contributed by atoms with E-state index in [-0.39, 0.29) is 11.2 Å². The number of ketones is 1. The van der Waals surface area contributed by atoms with Crippen LogP contribution < -0.4 is 5.73 Å². The van der Waals surface area contributed by atoms with Crippen LogP contribution in [-0.4, -0.2) is 24.9 Å². The first-order chi connectivity index (χ1) is 9.35. The van der Waals surface area contributed by atoms with Gasteiger partial charge in [-0.3, -0.25) is 9.59 Å². The lowest BCUT2D eigenvalue weighted by atomic mass is 9.76. The van der Waals surface area contributed by atoms with Crippen LogP contribution in [0.25, 0.3) is 0 Å². The van der Waals surface area contributed by atoms with E-state index in [1.807, 2.05) is 24.3 Å². The van der Waals surface area contributed by atoms with E-state index in [0.29, 0.717) is 12.0 Å². The predicted molar refractivity (Wildman–Crippen MR) is 76.6 cm³/mol. The molecule has 1 aromatic rings. The average molecular weight is 273 g/mol. The van der Waals surface area contributed by atoms with Gasteiger partial charge in [-0.1, -0.05) is 32.1 Å². The fraction of sp³-hybridized carbons (Fsp3) is 0.375. The number of methoxy groups -OCH3 is 1. The van der Waals surface area contributed by atoms with Crippen LogP contribution in [0.5, 0.6) is 0 Å². The van der Waals surface area contributed by atoms with Crippen molar-refractivity contribution in [1.82, 2.24) is 0 Å². The summed E-state index contributed by atoms with van der Waals surface area (Å²) < 4.78 is 4.61. The molecule has 0 aliphatic heterocycles. The standard InChI is InChI=1S/C16H19NO3/c1-16(2)7-6-14(18)11-8-10(4-5-12(11)16)9-13(17)15(19)20-3/h4-8,13H,9,17H2,1-3H3. The van der Waals surface area contributed by atoms with Crippen molar-refractivity contribution in [2.45, 2.75) is 31.7 Å². The second-order valence-electron chi connectivity index (χ2n) is 5.63. The van der Waals surface area contributed by atoms with E-state index in [9.17, 15) is 9.59 Å². The van der Waals surface area contributed by atoms with Gasteiger partial charge in [0.2, 0.25) is 0 Å². The fourth-order valence-electron chi connectivity index (χ4n) is 2.44. The minimum absolute atomic E-state index is 0.00665. The topological polar surface area (TPSA) is 69.4 Å². The molecule has 2 rings (SSSR count). The monoisotopic (exact) mass is 273 g/mol. The molecule has 106 valence electrons. The van der Waals surface area contributed by atoms with Gasteiger partial charge < -0.3 is 10.5 Å². The van der Waals surface area contributed by atoms with E-state index in [1.165, 1.54) is 7.11 Å². The second-order valence-corrected chi connectivity index (χ2v) is 5.63. The summed E-state index contributed by atoms with van der Waals surface area (Å²) in [6.45, 7) is 4.13. The van der Waals surface area contributed by atoms with Crippen LogP contribution in [0.15, 0.2) is 30.4 Å². The number of hydrogen-bond acceptors (Lipinski definition) is 4. The molecule has 1 aliphatic rings. The van der Waals surface area contributed by atoms with Crippen LogP contribution in [0, 0.1) is 0 Å². The van der Waals surface area contributed by atoms with Gasteiger partial charge in [0.1, 0.15) is 6.04 Å². The zero-order valence-corrected chi connectivity index (χ0v) is 12.0. The van der Waals surface area contributed by atoms with Gasteiger partial charge in [0.05, 0.1) is 7.11 Å². The van der Waals surface area contributed by atoms with Crippen molar-refractivity contribution in [3.63, 3.8) is 0 Å². The molecular formula is C16H19NO3. The number of hydrogen-bond donors (Lipinski definition) is 1. The molecule has 0 radical (unpaired) electrons. The smallest absolute Gasteiger partial charge is 0.322 e. The van der Waals surface area contributed by atoms with Crippen molar-refractivity contribution >= 4 is 11.8 Å². The molecule has 0 fully saturated rings. The van der Waals surface area contributed by atoms with Crippen LogP contribution in [-0.2, 0) is 21.4 Å². The lowest BCUT2D eigenvalue weighted by Gasteiger charge is -2.27. The van der Waals surface area contributed by atoms with Crippen molar-refractivity contribution in [1.29, 1.82) is 0 Å². The normalized spacial score (nSPS) is 17.5. The van der Waals surface area contributed by atoms with E-state index in [0.717, 1.165) is 11.1 Å². The summed E-state index contributed by atoms with van der Waals surface area (Å²) >= 11 is 0. The second kappa shape index (κ2) is 5.21. The van der Waals surface area contributed by atoms with Crippen LogP contribution in [0.2, 0.25) is 0 Å². The van der Waals surface area contributed by atoms with Gasteiger partial charge in [-0.15, -0.1) is 0 Å². The maximum Gasteiger partial charge on any atom is 0.322 e. The van der Waals surface area contributed by atoms with E-state index >= 15 is 0 Å². The van der Waals surface area contributed by atoms with Gasteiger partial charge in [-0.25, -0.2) is 0 Å². The van der Waals surface area contributed by atoms with Gasteiger partial charge in [0.25, 0.3) is 0 Å². The Morgan fingerprint density at radius 3 is 2.75 bits per heavy atom. The molecule has 0 aromatic heterocycles. The van der Waals surface area contributed by atoms with Crippen molar-refractivity contribution < 1.29 is 14.3 Å². The Morgan fingerprint density at radius 2 is 2.10 bits per heavy atom. The minimum Gasteiger partial charge on any atom is -0.468 e. The van der Waals surface area contributed by atoms with Gasteiger partial charge in [-0.05, 0) is 29.7 Å².